The molecular formula is C33H29N3. The van der Waals surface area contributed by atoms with E-state index in [2.05, 4.69) is 0 Å². The standard InChI is InChI=1S/C33H29N3/c34-33(35(25-21-29-13-5-1-6-14-29)26-22-30-15-7-2-8-16-30)36(27-23-31-17-9-3-10-18-31)28-24-32-19-11-4-12-20-32/h1-28,34H. The van der Waals surface area contributed by atoms with E-state index in [-0.39, 0.29) is 5.96 Å². The van der Waals surface area contributed by atoms with Gasteiger partial charge in [0.2, 0.25) is 5.96 Å². The van der Waals surface area contributed by atoms with Gasteiger partial charge >= 0.3 is 0 Å². The third kappa shape index (κ3) is 7.57. The molecule has 0 saturated heterocycles. The number of hydrogen-bond acceptors (Lipinski definition) is 1. The van der Waals surface area contributed by atoms with Crippen LogP contribution >= 0.6 is 0 Å². The number of benzene rings is 4. The lowest BCUT2D eigenvalue weighted by atomic mass is 10.2. The van der Waals surface area contributed by atoms with Crippen molar-refractivity contribution < 1.29 is 0 Å². The molecule has 4 aromatic carbocycles. The predicted molar refractivity (Wildman–Crippen MR) is 153 cm³/mol. The van der Waals surface area contributed by atoms with E-state index in [1.54, 1.807) is 0 Å². The normalized spacial score (nSPS) is 11.6. The minimum Gasteiger partial charge on any atom is -0.294 e. The maximum atomic E-state index is 9.11. The minimum atomic E-state index is 0.286. The first-order valence-corrected chi connectivity index (χ1v) is 11.9. The Hall–Kier alpha value is -4.89. The predicted octanol–water partition coefficient (Wildman–Crippen LogP) is 8.21. The van der Waals surface area contributed by atoms with E-state index >= 15 is 0 Å². The molecule has 0 amide bonds. The number of nitrogens with one attached hydrogen (secondary N) is 1. The smallest absolute Gasteiger partial charge is 0.210 e. The Kier molecular flexibility index (Phi) is 8.83. The molecular weight excluding hydrogens is 438 g/mol. The zero-order chi connectivity index (χ0) is 24.8. The van der Waals surface area contributed by atoms with E-state index in [0.29, 0.717) is 0 Å². The second-order valence-electron chi connectivity index (χ2n) is 8.04. The van der Waals surface area contributed by atoms with Crippen LogP contribution in [0, 0.1) is 5.41 Å². The fourth-order valence-corrected chi connectivity index (χ4v) is 3.44. The molecule has 3 nitrogen and oxygen atoms in total. The quantitative estimate of drug-likeness (QED) is 0.209. The second kappa shape index (κ2) is 13.1. The largest absolute Gasteiger partial charge is 0.294 e. The number of nitrogens with zero attached hydrogens (tertiary/aromatic N) is 2. The lowest BCUT2D eigenvalue weighted by Gasteiger charge is -2.24. The van der Waals surface area contributed by atoms with Gasteiger partial charge in [-0.1, -0.05) is 121 Å². The maximum absolute atomic E-state index is 9.11. The van der Waals surface area contributed by atoms with Gasteiger partial charge in [0.1, 0.15) is 0 Å². The molecule has 0 aliphatic carbocycles. The van der Waals surface area contributed by atoms with Crippen molar-refractivity contribution in [3.8, 4) is 0 Å². The molecule has 3 heteroatoms. The molecule has 0 saturated carbocycles. The molecule has 176 valence electrons. The molecule has 0 fully saturated rings. The molecule has 0 bridgehead atoms. The Morgan fingerprint density at radius 3 is 0.833 bits per heavy atom. The summed E-state index contributed by atoms with van der Waals surface area (Å²) in [5.74, 6) is 0.286. The van der Waals surface area contributed by atoms with Gasteiger partial charge < -0.3 is 0 Å². The number of rotatable bonds is 8. The first-order valence-electron chi connectivity index (χ1n) is 11.9. The summed E-state index contributed by atoms with van der Waals surface area (Å²) in [5, 5.41) is 9.11. The highest BCUT2D eigenvalue weighted by Gasteiger charge is 2.10. The van der Waals surface area contributed by atoms with Crippen LogP contribution in [0.2, 0.25) is 0 Å². The van der Waals surface area contributed by atoms with Crippen molar-refractivity contribution in [3.05, 3.63) is 168 Å². The zero-order valence-corrected chi connectivity index (χ0v) is 20.1. The molecule has 4 aromatic rings. The summed E-state index contributed by atoms with van der Waals surface area (Å²) in [6.45, 7) is 0. The first kappa shape index (κ1) is 24.2. The topological polar surface area (TPSA) is 30.3 Å². The Bertz CT molecular complexity index is 1120. The third-order valence-corrected chi connectivity index (χ3v) is 5.40. The summed E-state index contributed by atoms with van der Waals surface area (Å²) < 4.78 is 0. The van der Waals surface area contributed by atoms with Crippen LogP contribution in [-0.2, 0) is 0 Å². The SMILES string of the molecule is N=C(N(C=Cc1ccccc1)C=Cc1ccccc1)N(C=Cc1ccccc1)C=Cc1ccccc1. The molecule has 0 aliphatic rings. The Morgan fingerprint density at radius 2 is 0.611 bits per heavy atom. The highest BCUT2D eigenvalue weighted by atomic mass is 15.3. The van der Waals surface area contributed by atoms with Gasteiger partial charge in [-0.15, -0.1) is 0 Å². The average molecular weight is 468 g/mol. The van der Waals surface area contributed by atoms with Gasteiger partial charge in [0, 0.05) is 24.8 Å². The summed E-state index contributed by atoms with van der Waals surface area (Å²) >= 11 is 0. The lowest BCUT2D eigenvalue weighted by Crippen LogP contribution is -2.31. The molecule has 36 heavy (non-hydrogen) atoms. The highest BCUT2D eigenvalue weighted by Crippen LogP contribution is 2.12. The van der Waals surface area contributed by atoms with E-state index in [0.717, 1.165) is 22.3 Å². The Labute approximate surface area is 213 Å². The van der Waals surface area contributed by atoms with Gasteiger partial charge in [-0.25, -0.2) is 0 Å². The summed E-state index contributed by atoms with van der Waals surface area (Å²) in [7, 11) is 0. The Balaban J connectivity index is 1.66. The van der Waals surface area contributed by atoms with Gasteiger partial charge in [-0.05, 0) is 46.6 Å². The van der Waals surface area contributed by atoms with Crippen LogP contribution in [0.25, 0.3) is 24.3 Å². The highest BCUT2D eigenvalue weighted by molar-refractivity contribution is 5.84. The van der Waals surface area contributed by atoms with Crippen molar-refractivity contribution in [2.24, 2.45) is 0 Å². The molecule has 0 atom stereocenters. The molecule has 0 aromatic heterocycles. The number of hydrogen-bond donors (Lipinski definition) is 1. The molecule has 0 aliphatic heterocycles. The Morgan fingerprint density at radius 1 is 0.389 bits per heavy atom. The van der Waals surface area contributed by atoms with Gasteiger partial charge in [-0.2, -0.15) is 0 Å². The van der Waals surface area contributed by atoms with Crippen LogP contribution in [0.4, 0.5) is 0 Å². The molecule has 0 radical (unpaired) electrons. The van der Waals surface area contributed by atoms with E-state index < -0.39 is 0 Å². The molecule has 0 heterocycles. The van der Waals surface area contributed by atoms with Gasteiger partial charge in [0.25, 0.3) is 0 Å². The van der Waals surface area contributed by atoms with E-state index in [4.69, 9.17) is 5.41 Å². The van der Waals surface area contributed by atoms with Gasteiger partial charge in [0.05, 0.1) is 0 Å². The molecule has 4 rings (SSSR count). The van der Waals surface area contributed by atoms with Crippen molar-refractivity contribution in [3.63, 3.8) is 0 Å². The molecule has 0 unspecified atom stereocenters. The van der Waals surface area contributed by atoms with E-state index in [1.807, 2.05) is 180 Å². The second-order valence-corrected chi connectivity index (χ2v) is 8.04. The van der Waals surface area contributed by atoms with E-state index in [9.17, 15) is 0 Å². The zero-order valence-electron chi connectivity index (χ0n) is 20.1. The summed E-state index contributed by atoms with van der Waals surface area (Å²) in [6, 6.07) is 40.4. The van der Waals surface area contributed by atoms with Gasteiger partial charge in [0.15, 0.2) is 0 Å². The van der Waals surface area contributed by atoms with Crippen molar-refractivity contribution in [1.82, 2.24) is 9.80 Å². The van der Waals surface area contributed by atoms with Crippen molar-refractivity contribution in [2.75, 3.05) is 0 Å². The van der Waals surface area contributed by atoms with Crippen LogP contribution in [0.15, 0.2) is 146 Å². The minimum absolute atomic E-state index is 0.286. The first-order chi connectivity index (χ1) is 17.8. The van der Waals surface area contributed by atoms with E-state index in [1.165, 1.54) is 0 Å². The summed E-state index contributed by atoms with van der Waals surface area (Å²) in [4.78, 5) is 3.62. The maximum Gasteiger partial charge on any atom is 0.210 e. The van der Waals surface area contributed by atoms with Crippen LogP contribution < -0.4 is 0 Å². The molecule has 1 N–H and O–H groups in total. The van der Waals surface area contributed by atoms with Crippen molar-refractivity contribution in [2.45, 2.75) is 0 Å². The van der Waals surface area contributed by atoms with Crippen LogP contribution in [0.1, 0.15) is 22.3 Å². The fraction of sp³-hybridized carbons (Fsp3) is 0. The van der Waals surface area contributed by atoms with Crippen molar-refractivity contribution in [1.29, 1.82) is 5.41 Å². The molecule has 0 spiro atoms. The summed E-state index contributed by atoms with van der Waals surface area (Å²) in [5.41, 5.74) is 4.26. The van der Waals surface area contributed by atoms with Crippen LogP contribution in [0.3, 0.4) is 0 Å². The monoisotopic (exact) mass is 467 g/mol. The fourth-order valence-electron chi connectivity index (χ4n) is 3.44. The van der Waals surface area contributed by atoms with Crippen LogP contribution in [-0.4, -0.2) is 15.8 Å². The number of guanidine groups is 1. The average Bonchev–Trinajstić information content (AvgIpc) is 2.95. The third-order valence-electron chi connectivity index (χ3n) is 5.40. The summed E-state index contributed by atoms with van der Waals surface area (Å²) in [6.07, 6.45) is 15.7. The lowest BCUT2D eigenvalue weighted by molar-refractivity contribution is 0.609. The van der Waals surface area contributed by atoms with Crippen LogP contribution in [0.5, 0.6) is 0 Å². The van der Waals surface area contributed by atoms with Crippen molar-refractivity contribution >= 4 is 30.3 Å². The van der Waals surface area contributed by atoms with Gasteiger partial charge in [-0.3, -0.25) is 15.2 Å².